The first kappa shape index (κ1) is 13.6. The van der Waals surface area contributed by atoms with Gasteiger partial charge in [-0.2, -0.15) is 0 Å². The molecule has 0 aliphatic carbocycles. The normalized spacial score (nSPS) is 14.2. The van der Waals surface area contributed by atoms with Crippen LogP contribution in [0.4, 0.5) is 0 Å². The molecule has 1 rings (SSSR count). The molecule has 0 spiro atoms. The Morgan fingerprint density at radius 1 is 1.31 bits per heavy atom. The van der Waals surface area contributed by atoms with Crippen molar-refractivity contribution in [1.82, 2.24) is 0 Å². The van der Waals surface area contributed by atoms with Gasteiger partial charge in [0.15, 0.2) is 0 Å². The molecule has 0 bridgehead atoms. The molecule has 0 saturated heterocycles. The molecule has 1 aromatic carbocycles. The molecule has 1 unspecified atom stereocenters. The topological polar surface area (TPSA) is 26.0 Å². The highest BCUT2D eigenvalue weighted by molar-refractivity contribution is 6.48. The van der Waals surface area contributed by atoms with Crippen molar-refractivity contribution >= 4 is 29.3 Å². The number of rotatable bonds is 5. The van der Waals surface area contributed by atoms with Gasteiger partial charge in [0.2, 0.25) is 0 Å². The lowest BCUT2D eigenvalue weighted by molar-refractivity contribution is 0.601. The van der Waals surface area contributed by atoms with Crippen LogP contribution in [-0.2, 0) is 0 Å². The van der Waals surface area contributed by atoms with Crippen LogP contribution in [0.25, 0.3) is 6.08 Å². The van der Waals surface area contributed by atoms with E-state index in [1.807, 2.05) is 49.4 Å². The average molecular weight is 258 g/mol. The van der Waals surface area contributed by atoms with Crippen molar-refractivity contribution in [2.75, 3.05) is 0 Å². The summed E-state index contributed by atoms with van der Waals surface area (Å²) < 4.78 is -0.764. The lowest BCUT2D eigenvalue weighted by Gasteiger charge is -2.19. The summed E-state index contributed by atoms with van der Waals surface area (Å²) >= 11 is 12.3. The standard InChI is InChI=1S/C13H17Cl2N/c1-11(16)10-13(14,15)9-5-8-12-6-3-2-4-7-12/h2-8,11H,9-10,16H2,1H3/b8-5+. The summed E-state index contributed by atoms with van der Waals surface area (Å²) in [7, 11) is 0. The quantitative estimate of drug-likeness (QED) is 0.793. The molecule has 0 amide bonds. The number of hydrogen-bond acceptors (Lipinski definition) is 1. The van der Waals surface area contributed by atoms with Crippen LogP contribution in [0.1, 0.15) is 25.3 Å². The van der Waals surface area contributed by atoms with Crippen LogP contribution in [0, 0.1) is 0 Å². The first-order chi connectivity index (χ1) is 7.49. The van der Waals surface area contributed by atoms with E-state index in [1.165, 1.54) is 0 Å². The fraction of sp³-hybridized carbons (Fsp3) is 0.385. The van der Waals surface area contributed by atoms with Gasteiger partial charge in [-0.15, -0.1) is 23.2 Å². The van der Waals surface area contributed by atoms with Crippen molar-refractivity contribution in [2.45, 2.75) is 30.1 Å². The van der Waals surface area contributed by atoms with Crippen LogP contribution in [0.5, 0.6) is 0 Å². The van der Waals surface area contributed by atoms with Crippen LogP contribution in [0.3, 0.4) is 0 Å². The number of alkyl halides is 2. The third kappa shape index (κ3) is 5.55. The van der Waals surface area contributed by atoms with E-state index in [1.54, 1.807) is 0 Å². The number of allylic oxidation sites excluding steroid dienone is 1. The van der Waals surface area contributed by atoms with Crippen molar-refractivity contribution in [3.05, 3.63) is 42.0 Å². The van der Waals surface area contributed by atoms with E-state index in [0.29, 0.717) is 12.8 Å². The monoisotopic (exact) mass is 257 g/mol. The summed E-state index contributed by atoms with van der Waals surface area (Å²) in [6.07, 6.45) is 5.19. The van der Waals surface area contributed by atoms with Crippen LogP contribution < -0.4 is 5.73 Å². The van der Waals surface area contributed by atoms with Crippen LogP contribution in [0.2, 0.25) is 0 Å². The van der Waals surface area contributed by atoms with E-state index in [0.717, 1.165) is 5.56 Å². The van der Waals surface area contributed by atoms with Gasteiger partial charge in [0.1, 0.15) is 4.33 Å². The van der Waals surface area contributed by atoms with Crippen LogP contribution in [0.15, 0.2) is 36.4 Å². The minimum atomic E-state index is -0.764. The Hall–Kier alpha value is -0.500. The highest BCUT2D eigenvalue weighted by Gasteiger charge is 2.23. The Labute approximate surface area is 107 Å². The van der Waals surface area contributed by atoms with E-state index in [9.17, 15) is 0 Å². The minimum Gasteiger partial charge on any atom is -0.328 e. The van der Waals surface area contributed by atoms with Crippen LogP contribution in [-0.4, -0.2) is 10.4 Å². The van der Waals surface area contributed by atoms with E-state index in [-0.39, 0.29) is 6.04 Å². The van der Waals surface area contributed by atoms with Crippen molar-refractivity contribution in [3.8, 4) is 0 Å². The molecule has 0 saturated carbocycles. The maximum Gasteiger partial charge on any atom is 0.123 e. The molecule has 0 radical (unpaired) electrons. The summed E-state index contributed by atoms with van der Waals surface area (Å²) in [6.45, 7) is 1.90. The summed E-state index contributed by atoms with van der Waals surface area (Å²) in [6, 6.07) is 10.1. The van der Waals surface area contributed by atoms with Crippen LogP contribution >= 0.6 is 23.2 Å². The first-order valence-corrected chi connectivity index (χ1v) is 6.10. The third-order valence-corrected chi connectivity index (χ3v) is 2.76. The molecule has 2 N–H and O–H groups in total. The molecule has 16 heavy (non-hydrogen) atoms. The van der Waals surface area contributed by atoms with Gasteiger partial charge < -0.3 is 5.73 Å². The fourth-order valence-corrected chi connectivity index (χ4v) is 2.15. The summed E-state index contributed by atoms with van der Waals surface area (Å²) in [5, 5.41) is 0. The molecule has 88 valence electrons. The molecule has 0 aliphatic heterocycles. The molecule has 0 aromatic heterocycles. The molecular formula is C13H17Cl2N. The van der Waals surface area contributed by atoms with E-state index >= 15 is 0 Å². The van der Waals surface area contributed by atoms with Crippen molar-refractivity contribution < 1.29 is 0 Å². The zero-order valence-corrected chi connectivity index (χ0v) is 10.9. The predicted molar refractivity (Wildman–Crippen MR) is 72.8 cm³/mol. The van der Waals surface area contributed by atoms with Crippen molar-refractivity contribution in [2.24, 2.45) is 5.73 Å². The van der Waals surface area contributed by atoms with Gasteiger partial charge in [-0.25, -0.2) is 0 Å². The molecule has 0 fully saturated rings. The number of benzene rings is 1. The van der Waals surface area contributed by atoms with Gasteiger partial charge in [0.05, 0.1) is 0 Å². The average Bonchev–Trinajstić information content (AvgIpc) is 2.16. The Kier molecular flexibility index (Phi) is 5.33. The van der Waals surface area contributed by atoms with E-state index < -0.39 is 4.33 Å². The second-order valence-corrected chi connectivity index (χ2v) is 5.70. The minimum absolute atomic E-state index is 0.0140. The number of halogens is 2. The van der Waals surface area contributed by atoms with Gasteiger partial charge in [-0.05, 0) is 25.3 Å². The van der Waals surface area contributed by atoms with Gasteiger partial charge >= 0.3 is 0 Å². The summed E-state index contributed by atoms with van der Waals surface area (Å²) in [4.78, 5) is 0. The second kappa shape index (κ2) is 6.29. The lowest BCUT2D eigenvalue weighted by Crippen LogP contribution is -2.25. The zero-order valence-electron chi connectivity index (χ0n) is 9.37. The molecule has 1 nitrogen and oxygen atoms in total. The van der Waals surface area contributed by atoms with Crippen molar-refractivity contribution in [1.29, 1.82) is 0 Å². The predicted octanol–water partition coefficient (Wildman–Crippen LogP) is 4.00. The van der Waals surface area contributed by atoms with E-state index in [4.69, 9.17) is 28.9 Å². The zero-order chi connectivity index (χ0) is 12.0. The second-order valence-electron chi connectivity index (χ2n) is 4.05. The maximum atomic E-state index is 6.13. The summed E-state index contributed by atoms with van der Waals surface area (Å²) in [5.41, 5.74) is 6.81. The largest absolute Gasteiger partial charge is 0.328 e. The van der Waals surface area contributed by atoms with Gasteiger partial charge in [-0.3, -0.25) is 0 Å². The maximum absolute atomic E-state index is 6.13. The van der Waals surface area contributed by atoms with Gasteiger partial charge in [0.25, 0.3) is 0 Å². The Balaban J connectivity index is 2.48. The number of nitrogens with two attached hydrogens (primary N) is 1. The van der Waals surface area contributed by atoms with Gasteiger partial charge in [-0.1, -0.05) is 42.5 Å². The SMILES string of the molecule is CC(N)CC(Cl)(Cl)C/C=C/c1ccccc1. The lowest BCUT2D eigenvalue weighted by atomic mass is 10.1. The third-order valence-electron chi connectivity index (χ3n) is 2.15. The van der Waals surface area contributed by atoms with E-state index in [2.05, 4.69) is 0 Å². The summed E-state index contributed by atoms with van der Waals surface area (Å²) in [5.74, 6) is 0. The molecule has 1 atom stereocenters. The van der Waals surface area contributed by atoms with Gasteiger partial charge in [0, 0.05) is 6.04 Å². The Morgan fingerprint density at radius 2 is 1.94 bits per heavy atom. The Morgan fingerprint density at radius 3 is 2.50 bits per heavy atom. The Bertz CT molecular complexity index is 331. The molecule has 1 aromatic rings. The number of hydrogen-bond donors (Lipinski definition) is 1. The molecule has 0 aliphatic rings. The van der Waals surface area contributed by atoms with Crippen molar-refractivity contribution in [3.63, 3.8) is 0 Å². The first-order valence-electron chi connectivity index (χ1n) is 5.34. The molecular weight excluding hydrogens is 241 g/mol. The highest BCUT2D eigenvalue weighted by atomic mass is 35.5. The molecule has 0 heterocycles. The fourth-order valence-electron chi connectivity index (χ4n) is 1.49. The smallest absolute Gasteiger partial charge is 0.123 e. The highest BCUT2D eigenvalue weighted by Crippen LogP contribution is 2.31. The molecule has 3 heteroatoms.